The Hall–Kier alpha value is -2.79. The molecule has 0 saturated heterocycles. The van der Waals surface area contributed by atoms with E-state index in [0.717, 1.165) is 35.8 Å². The van der Waals surface area contributed by atoms with Crippen molar-refractivity contribution in [3.8, 4) is 0 Å². The molecule has 1 aromatic heterocycles. The quantitative estimate of drug-likeness (QED) is 0.544. The van der Waals surface area contributed by atoms with E-state index in [4.69, 9.17) is 11.6 Å². The zero-order valence-corrected chi connectivity index (χ0v) is 16.6. The third kappa shape index (κ3) is 4.89. The molecule has 0 radical (unpaired) electrons. The Morgan fingerprint density at radius 2 is 1.70 bits per heavy atom. The Balaban J connectivity index is 1.73. The van der Waals surface area contributed by atoms with Gasteiger partial charge in [0.15, 0.2) is 0 Å². The zero-order chi connectivity index (χ0) is 19.2. The van der Waals surface area contributed by atoms with E-state index in [2.05, 4.69) is 63.6 Å². The van der Waals surface area contributed by atoms with Crippen LogP contribution in [0.5, 0.6) is 0 Å². The van der Waals surface area contributed by atoms with Crippen molar-refractivity contribution in [1.29, 1.82) is 0 Å². The van der Waals surface area contributed by atoms with Crippen molar-refractivity contribution in [2.75, 3.05) is 28.6 Å². The van der Waals surface area contributed by atoms with Crippen molar-refractivity contribution in [3.05, 3.63) is 65.3 Å². The highest BCUT2D eigenvalue weighted by Gasteiger charge is 2.05. The van der Waals surface area contributed by atoms with E-state index in [1.807, 2.05) is 31.2 Å². The SMILES string of the molecule is CCN(CC)c1ccc(Nc2ccnc(Nc3cc(Cl)ccc3C)n2)cc1. The molecule has 2 N–H and O–H groups in total. The fourth-order valence-electron chi connectivity index (χ4n) is 2.83. The number of halogens is 1. The third-order valence-electron chi connectivity index (χ3n) is 4.37. The van der Waals surface area contributed by atoms with Gasteiger partial charge >= 0.3 is 0 Å². The lowest BCUT2D eigenvalue weighted by Gasteiger charge is -2.21. The van der Waals surface area contributed by atoms with Gasteiger partial charge in [0.1, 0.15) is 5.82 Å². The molecule has 3 aromatic rings. The average Bonchev–Trinajstić information content (AvgIpc) is 2.67. The van der Waals surface area contributed by atoms with Crippen LogP contribution in [0, 0.1) is 6.92 Å². The maximum atomic E-state index is 6.08. The first kappa shape index (κ1) is 19.0. The summed E-state index contributed by atoms with van der Waals surface area (Å²) in [6.07, 6.45) is 1.72. The summed E-state index contributed by atoms with van der Waals surface area (Å²) in [5.74, 6) is 1.24. The summed E-state index contributed by atoms with van der Waals surface area (Å²) in [7, 11) is 0. The molecule has 1 heterocycles. The molecule has 0 bridgehead atoms. The van der Waals surface area contributed by atoms with E-state index in [1.54, 1.807) is 6.20 Å². The topological polar surface area (TPSA) is 53.1 Å². The Labute approximate surface area is 165 Å². The van der Waals surface area contributed by atoms with E-state index in [1.165, 1.54) is 5.69 Å². The molecule has 0 saturated carbocycles. The summed E-state index contributed by atoms with van der Waals surface area (Å²) >= 11 is 6.08. The number of hydrogen-bond acceptors (Lipinski definition) is 5. The van der Waals surface area contributed by atoms with E-state index in [0.29, 0.717) is 11.0 Å². The molecule has 0 spiro atoms. The van der Waals surface area contributed by atoms with Gasteiger partial charge in [0, 0.05) is 41.4 Å². The van der Waals surface area contributed by atoms with Crippen LogP contribution in [-0.4, -0.2) is 23.1 Å². The van der Waals surface area contributed by atoms with Crippen molar-refractivity contribution in [2.24, 2.45) is 0 Å². The van der Waals surface area contributed by atoms with E-state index >= 15 is 0 Å². The van der Waals surface area contributed by atoms with Gasteiger partial charge in [-0.3, -0.25) is 0 Å². The molecule has 0 fully saturated rings. The summed E-state index contributed by atoms with van der Waals surface area (Å²) in [4.78, 5) is 11.1. The van der Waals surface area contributed by atoms with Gasteiger partial charge in [-0.05, 0) is 68.8 Å². The number of benzene rings is 2. The van der Waals surface area contributed by atoms with Crippen LogP contribution < -0.4 is 15.5 Å². The van der Waals surface area contributed by atoms with Crippen molar-refractivity contribution in [3.63, 3.8) is 0 Å². The van der Waals surface area contributed by atoms with Gasteiger partial charge in [0.25, 0.3) is 0 Å². The lowest BCUT2D eigenvalue weighted by atomic mass is 10.2. The van der Waals surface area contributed by atoms with E-state index in [-0.39, 0.29) is 0 Å². The van der Waals surface area contributed by atoms with Crippen LogP contribution in [0.25, 0.3) is 0 Å². The largest absolute Gasteiger partial charge is 0.372 e. The molecule has 0 atom stereocenters. The summed E-state index contributed by atoms with van der Waals surface area (Å²) in [6, 6.07) is 15.9. The predicted molar refractivity (Wildman–Crippen MR) is 115 cm³/mol. The number of anilines is 5. The van der Waals surface area contributed by atoms with Gasteiger partial charge in [0.2, 0.25) is 5.95 Å². The van der Waals surface area contributed by atoms with Crippen LogP contribution in [0.3, 0.4) is 0 Å². The number of rotatable bonds is 7. The molecular formula is C21H24ClN5. The minimum atomic E-state index is 0.519. The fraction of sp³-hybridized carbons (Fsp3) is 0.238. The predicted octanol–water partition coefficient (Wildman–Crippen LogP) is 5.77. The van der Waals surface area contributed by atoms with Crippen LogP contribution in [0.15, 0.2) is 54.7 Å². The average molecular weight is 382 g/mol. The second-order valence-corrected chi connectivity index (χ2v) is 6.63. The normalized spacial score (nSPS) is 10.5. The van der Waals surface area contributed by atoms with Gasteiger partial charge in [-0.2, -0.15) is 4.98 Å². The molecule has 3 rings (SSSR count). The number of aromatic nitrogens is 2. The number of hydrogen-bond donors (Lipinski definition) is 2. The molecule has 0 amide bonds. The van der Waals surface area contributed by atoms with Crippen molar-refractivity contribution in [1.82, 2.24) is 9.97 Å². The van der Waals surface area contributed by atoms with E-state index < -0.39 is 0 Å². The summed E-state index contributed by atoms with van der Waals surface area (Å²) < 4.78 is 0. The van der Waals surface area contributed by atoms with Gasteiger partial charge in [-0.1, -0.05) is 17.7 Å². The summed E-state index contributed by atoms with van der Waals surface area (Å²) in [5.41, 5.74) is 4.16. The zero-order valence-electron chi connectivity index (χ0n) is 15.8. The minimum absolute atomic E-state index is 0.519. The van der Waals surface area contributed by atoms with Crippen LogP contribution in [0.2, 0.25) is 5.02 Å². The molecule has 0 unspecified atom stereocenters. The molecule has 6 heteroatoms. The smallest absolute Gasteiger partial charge is 0.229 e. The molecule has 27 heavy (non-hydrogen) atoms. The molecular weight excluding hydrogens is 358 g/mol. The number of nitrogens with one attached hydrogen (secondary N) is 2. The molecule has 0 aliphatic carbocycles. The third-order valence-corrected chi connectivity index (χ3v) is 4.61. The number of aryl methyl sites for hydroxylation is 1. The Kier molecular flexibility index (Phi) is 6.14. The highest BCUT2D eigenvalue weighted by atomic mass is 35.5. The lowest BCUT2D eigenvalue weighted by Crippen LogP contribution is -2.21. The maximum absolute atomic E-state index is 6.08. The van der Waals surface area contributed by atoms with Crippen LogP contribution in [0.4, 0.5) is 28.8 Å². The van der Waals surface area contributed by atoms with Crippen molar-refractivity contribution >= 4 is 40.4 Å². The minimum Gasteiger partial charge on any atom is -0.372 e. The molecule has 0 aliphatic rings. The Bertz CT molecular complexity index is 891. The Morgan fingerprint density at radius 3 is 2.41 bits per heavy atom. The van der Waals surface area contributed by atoms with Crippen molar-refractivity contribution in [2.45, 2.75) is 20.8 Å². The second-order valence-electron chi connectivity index (χ2n) is 6.19. The fourth-order valence-corrected chi connectivity index (χ4v) is 3.00. The first-order valence-electron chi connectivity index (χ1n) is 9.07. The summed E-state index contributed by atoms with van der Waals surface area (Å²) in [6.45, 7) is 8.32. The maximum Gasteiger partial charge on any atom is 0.229 e. The monoisotopic (exact) mass is 381 g/mol. The standard InChI is InChI=1S/C21H24ClN5/c1-4-27(5-2)18-10-8-17(9-11-18)24-20-12-13-23-21(26-20)25-19-14-16(22)7-6-15(19)3/h6-14H,4-5H2,1-3H3,(H2,23,24,25,26). The second kappa shape index (κ2) is 8.73. The molecule has 0 aliphatic heterocycles. The van der Waals surface area contributed by atoms with Gasteiger partial charge < -0.3 is 15.5 Å². The lowest BCUT2D eigenvalue weighted by molar-refractivity contribution is 0.866. The van der Waals surface area contributed by atoms with Crippen LogP contribution in [-0.2, 0) is 0 Å². The molecule has 5 nitrogen and oxygen atoms in total. The van der Waals surface area contributed by atoms with Crippen LogP contribution >= 0.6 is 11.6 Å². The van der Waals surface area contributed by atoms with E-state index in [9.17, 15) is 0 Å². The highest BCUT2D eigenvalue weighted by molar-refractivity contribution is 6.30. The van der Waals surface area contributed by atoms with Gasteiger partial charge in [-0.15, -0.1) is 0 Å². The van der Waals surface area contributed by atoms with Gasteiger partial charge in [0.05, 0.1) is 0 Å². The van der Waals surface area contributed by atoms with Gasteiger partial charge in [-0.25, -0.2) is 4.98 Å². The van der Waals surface area contributed by atoms with Crippen LogP contribution in [0.1, 0.15) is 19.4 Å². The Morgan fingerprint density at radius 1 is 0.963 bits per heavy atom. The first-order chi connectivity index (χ1) is 13.1. The summed E-state index contributed by atoms with van der Waals surface area (Å²) in [5, 5.41) is 7.22. The van der Waals surface area contributed by atoms with Crippen molar-refractivity contribution < 1.29 is 0 Å². The first-order valence-corrected chi connectivity index (χ1v) is 9.45. The molecule has 2 aromatic carbocycles. The number of nitrogens with zero attached hydrogens (tertiary/aromatic N) is 3. The molecule has 140 valence electrons. The highest BCUT2D eigenvalue weighted by Crippen LogP contribution is 2.24.